The molecule has 1 unspecified atom stereocenters. The summed E-state index contributed by atoms with van der Waals surface area (Å²) in [6, 6.07) is 27.4. The molecule has 1 atom stereocenters. The fourth-order valence-corrected chi connectivity index (χ4v) is 5.03. The Morgan fingerprint density at radius 3 is 1.47 bits per heavy atom. The lowest BCUT2D eigenvalue weighted by atomic mass is 9.87. The van der Waals surface area contributed by atoms with Gasteiger partial charge in [-0.15, -0.1) is 0 Å². The molecule has 4 amide bonds. The molecule has 270 valence electrons. The molecule has 0 saturated carbocycles. The summed E-state index contributed by atoms with van der Waals surface area (Å²) in [5.41, 5.74) is 12.1. The lowest BCUT2D eigenvalue weighted by molar-refractivity contribution is 0.0336. The maximum Gasteiger partial charge on any atom is 0.273 e. The second-order valence-corrected chi connectivity index (χ2v) is 15.2. The van der Waals surface area contributed by atoms with E-state index in [1.807, 2.05) is 138 Å². The largest absolute Gasteiger partial charge is 0.273 e. The van der Waals surface area contributed by atoms with E-state index in [9.17, 15) is 19.2 Å². The summed E-state index contributed by atoms with van der Waals surface area (Å²) >= 11 is 0. The Balaban J connectivity index is 0.000000276. The highest BCUT2D eigenvalue weighted by atomic mass is 16.2. The normalized spacial score (nSPS) is 11.8. The zero-order valence-corrected chi connectivity index (χ0v) is 32.3. The molecule has 0 bridgehead atoms. The summed E-state index contributed by atoms with van der Waals surface area (Å²) in [6.07, 6.45) is 0. The third-order valence-electron chi connectivity index (χ3n) is 9.01. The highest BCUT2D eigenvalue weighted by Crippen LogP contribution is 2.25. The number of aryl methyl sites for hydroxylation is 4. The molecule has 4 aromatic carbocycles. The Morgan fingerprint density at radius 2 is 1.00 bits per heavy atom. The molecule has 0 aliphatic carbocycles. The van der Waals surface area contributed by atoms with Gasteiger partial charge in [0.25, 0.3) is 23.6 Å². The van der Waals surface area contributed by atoms with Crippen molar-refractivity contribution in [1.82, 2.24) is 20.9 Å². The van der Waals surface area contributed by atoms with Crippen LogP contribution in [0.4, 0.5) is 0 Å². The van der Waals surface area contributed by atoms with E-state index in [-0.39, 0.29) is 35.1 Å². The van der Waals surface area contributed by atoms with Crippen LogP contribution in [0.1, 0.15) is 118 Å². The molecular weight excluding hydrogens is 636 g/mol. The number of carbonyl (C=O) groups is 4. The maximum absolute atomic E-state index is 13.2. The van der Waals surface area contributed by atoms with Gasteiger partial charge in [-0.25, -0.2) is 10.0 Å². The van der Waals surface area contributed by atoms with Crippen molar-refractivity contribution >= 4 is 23.6 Å². The van der Waals surface area contributed by atoms with E-state index < -0.39 is 5.54 Å². The highest BCUT2D eigenvalue weighted by molar-refractivity contribution is 6.01. The molecule has 0 aliphatic rings. The van der Waals surface area contributed by atoms with E-state index in [1.165, 1.54) is 10.0 Å². The fraction of sp³-hybridized carbons (Fsp3) is 0.349. The summed E-state index contributed by atoms with van der Waals surface area (Å²) in [6.45, 7) is 23.5. The third kappa shape index (κ3) is 10.6. The topological polar surface area (TPSA) is 98.8 Å². The molecule has 0 radical (unpaired) electrons. The van der Waals surface area contributed by atoms with E-state index in [1.54, 1.807) is 36.4 Å². The number of hydrogen-bond donors (Lipinski definition) is 2. The Labute approximate surface area is 304 Å². The number of nitrogens with zero attached hydrogens (tertiary/aromatic N) is 2. The Hall–Kier alpha value is -5.24. The first-order chi connectivity index (χ1) is 23.7. The third-order valence-corrected chi connectivity index (χ3v) is 9.01. The van der Waals surface area contributed by atoms with Gasteiger partial charge in [0, 0.05) is 22.3 Å². The van der Waals surface area contributed by atoms with Crippen molar-refractivity contribution in [3.05, 3.63) is 141 Å². The van der Waals surface area contributed by atoms with Crippen LogP contribution in [-0.2, 0) is 0 Å². The van der Waals surface area contributed by atoms with Crippen LogP contribution in [0.15, 0.2) is 91.0 Å². The first-order valence-corrected chi connectivity index (χ1v) is 17.3. The van der Waals surface area contributed by atoms with Crippen molar-refractivity contribution in [2.45, 2.75) is 94.7 Å². The number of carbonyl (C=O) groups excluding carboxylic acids is 4. The smallest absolute Gasteiger partial charge is 0.267 e. The number of rotatable bonds is 5. The van der Waals surface area contributed by atoms with Crippen LogP contribution in [0.2, 0.25) is 0 Å². The van der Waals surface area contributed by atoms with E-state index in [0.717, 1.165) is 27.8 Å². The van der Waals surface area contributed by atoms with E-state index in [0.29, 0.717) is 22.3 Å². The lowest BCUT2D eigenvalue weighted by Gasteiger charge is -2.38. The van der Waals surface area contributed by atoms with Crippen molar-refractivity contribution in [1.29, 1.82) is 0 Å². The van der Waals surface area contributed by atoms with E-state index in [2.05, 4.69) is 10.9 Å². The molecule has 0 heterocycles. The fourth-order valence-electron chi connectivity index (χ4n) is 5.03. The molecule has 8 nitrogen and oxygen atoms in total. The molecule has 0 aliphatic heterocycles. The second kappa shape index (κ2) is 16.6. The first kappa shape index (κ1) is 40.2. The number of amides is 4. The minimum atomic E-state index is -0.562. The number of hydrazine groups is 2. The summed E-state index contributed by atoms with van der Waals surface area (Å²) in [4.78, 5) is 51.6. The zero-order valence-electron chi connectivity index (χ0n) is 32.3. The molecule has 0 saturated heterocycles. The number of hydrogen-bond acceptors (Lipinski definition) is 4. The molecular formula is C43H54N4O4. The molecule has 4 rings (SSSR count). The molecule has 4 aromatic rings. The van der Waals surface area contributed by atoms with Gasteiger partial charge in [0.1, 0.15) is 0 Å². The quantitative estimate of drug-likeness (QED) is 0.205. The van der Waals surface area contributed by atoms with Crippen LogP contribution < -0.4 is 10.9 Å². The summed E-state index contributed by atoms with van der Waals surface area (Å²) in [5, 5.41) is 2.88. The Kier molecular flexibility index (Phi) is 13.1. The van der Waals surface area contributed by atoms with Crippen LogP contribution in [0.5, 0.6) is 0 Å². The van der Waals surface area contributed by atoms with Gasteiger partial charge in [-0.3, -0.25) is 30.0 Å². The zero-order chi connectivity index (χ0) is 38.3. The average Bonchev–Trinajstić information content (AvgIpc) is 3.06. The Morgan fingerprint density at radius 1 is 0.549 bits per heavy atom. The van der Waals surface area contributed by atoms with Gasteiger partial charge in [0.15, 0.2) is 0 Å². The first-order valence-electron chi connectivity index (χ1n) is 17.3. The van der Waals surface area contributed by atoms with Crippen molar-refractivity contribution in [3.63, 3.8) is 0 Å². The summed E-state index contributed by atoms with van der Waals surface area (Å²) in [5.74, 6) is -1.00. The number of nitrogens with one attached hydrogen (secondary N) is 2. The van der Waals surface area contributed by atoms with Crippen LogP contribution >= 0.6 is 0 Å². The van der Waals surface area contributed by atoms with Gasteiger partial charge in [-0.2, -0.15) is 0 Å². The molecule has 2 N–H and O–H groups in total. The van der Waals surface area contributed by atoms with Gasteiger partial charge in [-0.1, -0.05) is 86.5 Å². The van der Waals surface area contributed by atoms with Crippen LogP contribution in [-0.4, -0.2) is 45.2 Å². The summed E-state index contributed by atoms with van der Waals surface area (Å²) < 4.78 is 0. The molecule has 8 heteroatoms. The van der Waals surface area contributed by atoms with Crippen molar-refractivity contribution in [2.24, 2.45) is 5.41 Å². The average molecular weight is 691 g/mol. The van der Waals surface area contributed by atoms with E-state index >= 15 is 0 Å². The predicted molar refractivity (Wildman–Crippen MR) is 205 cm³/mol. The second-order valence-electron chi connectivity index (χ2n) is 15.2. The predicted octanol–water partition coefficient (Wildman–Crippen LogP) is 8.72. The van der Waals surface area contributed by atoms with Gasteiger partial charge < -0.3 is 0 Å². The minimum Gasteiger partial charge on any atom is -0.267 e. The van der Waals surface area contributed by atoms with Crippen molar-refractivity contribution < 1.29 is 19.2 Å². The van der Waals surface area contributed by atoms with Gasteiger partial charge in [0.05, 0.1) is 11.6 Å². The van der Waals surface area contributed by atoms with Gasteiger partial charge in [0.2, 0.25) is 0 Å². The monoisotopic (exact) mass is 690 g/mol. The van der Waals surface area contributed by atoms with E-state index in [4.69, 9.17) is 0 Å². The van der Waals surface area contributed by atoms with Crippen molar-refractivity contribution in [3.8, 4) is 0 Å². The Bertz CT molecular complexity index is 1850. The summed E-state index contributed by atoms with van der Waals surface area (Å²) in [7, 11) is 0. The molecule has 0 aromatic heterocycles. The minimum absolute atomic E-state index is 0.191. The standard InChI is InChI=1S/C22H28N2O2.C21H26N2O2/c1-15-11-13-18(14-12-15)20(25)23-24(17(3)22(4,5)6)21(26)19-10-8-7-9-16(19)2;1-14-10-12-17(13-11-14)19(24)22-23(21(4,5)6)20(25)18-9-7-8-15(2)16(18)3/h7-14,17H,1-6H3,(H,23,25);7-13H,1-6H3,(H,22,24). The van der Waals surface area contributed by atoms with Gasteiger partial charge in [-0.05, 0) is 121 Å². The lowest BCUT2D eigenvalue weighted by Crippen LogP contribution is -2.56. The van der Waals surface area contributed by atoms with Crippen LogP contribution in [0, 0.1) is 40.0 Å². The van der Waals surface area contributed by atoms with Crippen LogP contribution in [0.25, 0.3) is 0 Å². The molecule has 0 spiro atoms. The maximum atomic E-state index is 13.2. The van der Waals surface area contributed by atoms with Gasteiger partial charge >= 0.3 is 0 Å². The number of benzene rings is 4. The molecule has 51 heavy (non-hydrogen) atoms. The van der Waals surface area contributed by atoms with Crippen LogP contribution in [0.3, 0.4) is 0 Å². The molecule has 0 fully saturated rings. The SMILES string of the molecule is Cc1ccc(C(=O)NN(C(=O)c2cccc(C)c2C)C(C)(C)C)cc1.Cc1ccc(C(=O)NN(C(=O)c2ccccc2C)C(C)C(C)(C)C)cc1. The highest BCUT2D eigenvalue weighted by Gasteiger charge is 2.33. The van der Waals surface area contributed by atoms with Crippen molar-refractivity contribution in [2.75, 3.05) is 0 Å².